The molecule has 2 saturated heterocycles. The zero-order chi connectivity index (χ0) is 7.03. The lowest BCUT2D eigenvalue weighted by Crippen LogP contribution is -2.43. The Kier molecular flexibility index (Phi) is 1.44. The SMILES string of the molecule is CC1COC2(CCOC2)N1. The maximum absolute atomic E-state index is 5.58. The molecule has 2 atom stereocenters. The van der Waals surface area contributed by atoms with E-state index >= 15 is 0 Å². The van der Waals surface area contributed by atoms with Crippen LogP contribution in [0.3, 0.4) is 0 Å². The lowest BCUT2D eigenvalue weighted by molar-refractivity contribution is -0.0162. The van der Waals surface area contributed by atoms with E-state index in [1.54, 1.807) is 0 Å². The minimum absolute atomic E-state index is 0.112. The molecule has 1 spiro atoms. The van der Waals surface area contributed by atoms with Gasteiger partial charge in [-0.1, -0.05) is 0 Å². The summed E-state index contributed by atoms with van der Waals surface area (Å²) in [5.41, 5.74) is -0.112. The van der Waals surface area contributed by atoms with Gasteiger partial charge in [0.1, 0.15) is 5.72 Å². The van der Waals surface area contributed by atoms with Crippen molar-refractivity contribution in [1.82, 2.24) is 5.32 Å². The quantitative estimate of drug-likeness (QED) is 0.522. The third-order valence-corrected chi connectivity index (χ3v) is 2.10. The molecule has 0 aromatic heterocycles. The van der Waals surface area contributed by atoms with Gasteiger partial charge in [-0.3, -0.25) is 5.32 Å². The molecule has 2 unspecified atom stereocenters. The lowest BCUT2D eigenvalue weighted by Gasteiger charge is -2.20. The van der Waals surface area contributed by atoms with Crippen LogP contribution in [0.5, 0.6) is 0 Å². The highest BCUT2D eigenvalue weighted by atomic mass is 16.6. The molecule has 0 bridgehead atoms. The zero-order valence-corrected chi connectivity index (χ0v) is 6.22. The van der Waals surface area contributed by atoms with E-state index in [1.165, 1.54) is 0 Å². The van der Waals surface area contributed by atoms with Crippen molar-refractivity contribution in [2.45, 2.75) is 25.1 Å². The van der Waals surface area contributed by atoms with Gasteiger partial charge >= 0.3 is 0 Å². The van der Waals surface area contributed by atoms with Gasteiger partial charge in [0, 0.05) is 12.5 Å². The third-order valence-electron chi connectivity index (χ3n) is 2.10. The summed E-state index contributed by atoms with van der Waals surface area (Å²) in [6, 6.07) is 0.488. The first-order chi connectivity index (χ1) is 4.81. The Morgan fingerprint density at radius 3 is 3.00 bits per heavy atom. The van der Waals surface area contributed by atoms with Crippen molar-refractivity contribution >= 4 is 0 Å². The summed E-state index contributed by atoms with van der Waals surface area (Å²) in [6.45, 7) is 4.51. The van der Waals surface area contributed by atoms with Crippen LogP contribution in [0.2, 0.25) is 0 Å². The molecule has 0 aliphatic carbocycles. The summed E-state index contributed by atoms with van der Waals surface area (Å²) in [5.74, 6) is 0. The first kappa shape index (κ1) is 6.58. The molecule has 2 fully saturated rings. The highest BCUT2D eigenvalue weighted by molar-refractivity contribution is 4.89. The van der Waals surface area contributed by atoms with Gasteiger partial charge in [0.15, 0.2) is 0 Å². The number of rotatable bonds is 0. The molecule has 10 heavy (non-hydrogen) atoms. The Labute approximate surface area is 60.7 Å². The van der Waals surface area contributed by atoms with Crippen molar-refractivity contribution in [3.05, 3.63) is 0 Å². The van der Waals surface area contributed by atoms with Crippen LogP contribution in [-0.4, -0.2) is 31.6 Å². The van der Waals surface area contributed by atoms with Gasteiger partial charge < -0.3 is 9.47 Å². The van der Waals surface area contributed by atoms with Crippen molar-refractivity contribution in [2.75, 3.05) is 19.8 Å². The molecule has 0 aromatic rings. The number of nitrogens with one attached hydrogen (secondary N) is 1. The van der Waals surface area contributed by atoms with Gasteiger partial charge in [0.25, 0.3) is 0 Å². The van der Waals surface area contributed by atoms with Crippen LogP contribution < -0.4 is 5.32 Å². The Morgan fingerprint density at radius 1 is 1.60 bits per heavy atom. The minimum Gasteiger partial charge on any atom is -0.377 e. The van der Waals surface area contributed by atoms with Gasteiger partial charge in [0.05, 0.1) is 19.8 Å². The predicted molar refractivity (Wildman–Crippen MR) is 36.7 cm³/mol. The average Bonchev–Trinajstić information content (AvgIpc) is 2.46. The second kappa shape index (κ2) is 2.19. The third kappa shape index (κ3) is 0.944. The monoisotopic (exact) mass is 143 g/mol. The fourth-order valence-corrected chi connectivity index (χ4v) is 1.59. The largest absolute Gasteiger partial charge is 0.377 e. The molecule has 3 nitrogen and oxygen atoms in total. The standard InChI is InChI=1S/C7H13NO2/c1-6-4-10-7(8-6)2-3-9-5-7/h6,8H,2-5H2,1H3. The van der Waals surface area contributed by atoms with Crippen molar-refractivity contribution in [3.63, 3.8) is 0 Å². The van der Waals surface area contributed by atoms with Gasteiger partial charge in [-0.2, -0.15) is 0 Å². The average molecular weight is 143 g/mol. The maximum atomic E-state index is 5.58. The van der Waals surface area contributed by atoms with E-state index in [9.17, 15) is 0 Å². The Balaban J connectivity index is 2.03. The van der Waals surface area contributed by atoms with Crippen LogP contribution >= 0.6 is 0 Å². The van der Waals surface area contributed by atoms with E-state index < -0.39 is 0 Å². The zero-order valence-electron chi connectivity index (χ0n) is 6.22. The second-order valence-electron chi connectivity index (χ2n) is 3.15. The number of ether oxygens (including phenoxy) is 2. The van der Waals surface area contributed by atoms with Crippen LogP contribution in [0.4, 0.5) is 0 Å². The van der Waals surface area contributed by atoms with E-state index in [-0.39, 0.29) is 5.72 Å². The Hall–Kier alpha value is -0.120. The summed E-state index contributed by atoms with van der Waals surface area (Å²) < 4.78 is 10.8. The van der Waals surface area contributed by atoms with Crippen LogP contribution in [0, 0.1) is 0 Å². The second-order valence-corrected chi connectivity index (χ2v) is 3.15. The smallest absolute Gasteiger partial charge is 0.145 e. The molecule has 0 saturated carbocycles. The fourth-order valence-electron chi connectivity index (χ4n) is 1.59. The van der Waals surface area contributed by atoms with E-state index in [2.05, 4.69) is 12.2 Å². The van der Waals surface area contributed by atoms with Crippen LogP contribution in [-0.2, 0) is 9.47 Å². The number of hydrogen-bond donors (Lipinski definition) is 1. The predicted octanol–water partition coefficient (Wildman–Crippen LogP) is 0.111. The van der Waals surface area contributed by atoms with Gasteiger partial charge in [-0.25, -0.2) is 0 Å². The van der Waals surface area contributed by atoms with E-state index in [1.807, 2.05) is 0 Å². The van der Waals surface area contributed by atoms with Gasteiger partial charge in [-0.15, -0.1) is 0 Å². The molecule has 3 heteroatoms. The summed E-state index contributed by atoms with van der Waals surface area (Å²) in [6.07, 6.45) is 0.997. The molecule has 0 radical (unpaired) electrons. The van der Waals surface area contributed by atoms with Crippen molar-refractivity contribution in [2.24, 2.45) is 0 Å². The van der Waals surface area contributed by atoms with Crippen LogP contribution in [0.25, 0.3) is 0 Å². The van der Waals surface area contributed by atoms with Crippen molar-refractivity contribution < 1.29 is 9.47 Å². The minimum atomic E-state index is -0.112. The summed E-state index contributed by atoms with van der Waals surface area (Å²) in [4.78, 5) is 0. The van der Waals surface area contributed by atoms with Crippen molar-refractivity contribution in [3.8, 4) is 0 Å². The summed E-state index contributed by atoms with van der Waals surface area (Å²) in [7, 11) is 0. The van der Waals surface area contributed by atoms with Crippen molar-refractivity contribution in [1.29, 1.82) is 0 Å². The van der Waals surface area contributed by atoms with Gasteiger partial charge in [-0.05, 0) is 6.92 Å². The molecule has 1 N–H and O–H groups in total. The van der Waals surface area contributed by atoms with Crippen LogP contribution in [0.15, 0.2) is 0 Å². The lowest BCUT2D eigenvalue weighted by atomic mass is 10.2. The molecule has 2 aliphatic rings. The molecule has 0 aromatic carbocycles. The summed E-state index contributed by atoms with van der Waals surface area (Å²) in [5, 5.41) is 3.38. The van der Waals surface area contributed by atoms with E-state index in [0.717, 1.165) is 26.2 Å². The molecule has 2 rings (SSSR count). The summed E-state index contributed by atoms with van der Waals surface area (Å²) >= 11 is 0. The highest BCUT2D eigenvalue weighted by Gasteiger charge is 2.41. The highest BCUT2D eigenvalue weighted by Crippen LogP contribution is 2.25. The fraction of sp³-hybridized carbons (Fsp3) is 1.00. The Bertz CT molecular complexity index is 132. The topological polar surface area (TPSA) is 30.5 Å². The molecular weight excluding hydrogens is 130 g/mol. The molecule has 58 valence electrons. The maximum Gasteiger partial charge on any atom is 0.145 e. The molecule has 2 aliphatic heterocycles. The first-order valence-corrected chi connectivity index (χ1v) is 3.80. The van der Waals surface area contributed by atoms with Gasteiger partial charge in [0.2, 0.25) is 0 Å². The molecule has 2 heterocycles. The Morgan fingerprint density at radius 2 is 2.50 bits per heavy atom. The number of hydrogen-bond acceptors (Lipinski definition) is 3. The molecule has 0 amide bonds. The van der Waals surface area contributed by atoms with E-state index in [0.29, 0.717) is 6.04 Å². The van der Waals surface area contributed by atoms with E-state index in [4.69, 9.17) is 9.47 Å². The molecular formula is C7H13NO2. The first-order valence-electron chi connectivity index (χ1n) is 3.80. The van der Waals surface area contributed by atoms with Crippen LogP contribution in [0.1, 0.15) is 13.3 Å². The normalized spacial score (nSPS) is 47.1.